The number of thiophene rings is 1. The standard InChI is InChI=1S/C33H39N5O3S/c1-19(39)36-10-8-22(9-11-36)25-18-42-29-15-27(38(30(25)29)16-20-4-5-20)32-34-26-13-23(14-28(41-3)31(26)35(32)2)33(40)37-17-21-6-7-24(37)12-21/h13-15,18,20-22,24H,4-12,16-17H2,1-3H3/t21-,24+/m0/s1. The number of aryl methyl sites for hydroxylation is 1. The van der Waals surface area contributed by atoms with Gasteiger partial charge in [0.1, 0.15) is 11.3 Å². The zero-order chi connectivity index (χ0) is 28.7. The van der Waals surface area contributed by atoms with Gasteiger partial charge in [0.25, 0.3) is 5.91 Å². The molecular weight excluding hydrogens is 546 g/mol. The first-order chi connectivity index (χ1) is 20.4. The van der Waals surface area contributed by atoms with Gasteiger partial charge in [-0.25, -0.2) is 4.98 Å². The Hall–Kier alpha value is -3.33. The van der Waals surface area contributed by atoms with E-state index in [9.17, 15) is 9.59 Å². The van der Waals surface area contributed by atoms with Crippen molar-refractivity contribution in [2.75, 3.05) is 26.7 Å². The number of carbonyl (C=O) groups is 2. The maximum atomic E-state index is 13.6. The Kier molecular flexibility index (Phi) is 6.18. The number of carbonyl (C=O) groups excluding carboxylic acids is 2. The number of piperidine rings is 2. The van der Waals surface area contributed by atoms with Crippen LogP contribution in [0.3, 0.4) is 0 Å². The van der Waals surface area contributed by atoms with Crippen LogP contribution in [0.15, 0.2) is 23.6 Å². The normalized spacial score (nSPS) is 22.6. The minimum absolute atomic E-state index is 0.104. The summed E-state index contributed by atoms with van der Waals surface area (Å²) >= 11 is 1.83. The zero-order valence-electron chi connectivity index (χ0n) is 24.8. The average molecular weight is 586 g/mol. The van der Waals surface area contributed by atoms with E-state index in [0.717, 1.165) is 74.4 Å². The summed E-state index contributed by atoms with van der Waals surface area (Å²) in [6.45, 7) is 5.21. The number of nitrogens with zero attached hydrogens (tertiary/aromatic N) is 5. The summed E-state index contributed by atoms with van der Waals surface area (Å²) in [5.41, 5.74) is 6.31. The van der Waals surface area contributed by atoms with Gasteiger partial charge in [-0.05, 0) is 91.8 Å². The molecule has 2 bridgehead atoms. The van der Waals surface area contributed by atoms with Gasteiger partial charge in [0.05, 0.1) is 28.5 Å². The van der Waals surface area contributed by atoms with E-state index in [0.29, 0.717) is 35.1 Å². The molecule has 8 nitrogen and oxygen atoms in total. The van der Waals surface area contributed by atoms with E-state index in [-0.39, 0.29) is 11.8 Å². The summed E-state index contributed by atoms with van der Waals surface area (Å²) in [5, 5.41) is 2.35. The first kappa shape index (κ1) is 26.3. The van der Waals surface area contributed by atoms with Gasteiger partial charge in [-0.2, -0.15) is 0 Å². The molecule has 0 unspecified atom stereocenters. The molecule has 3 aromatic heterocycles. The lowest BCUT2D eigenvalue weighted by Gasteiger charge is -2.31. The van der Waals surface area contributed by atoms with Gasteiger partial charge in [-0.1, -0.05) is 0 Å². The van der Waals surface area contributed by atoms with Crippen LogP contribution in [0.25, 0.3) is 32.8 Å². The first-order valence-corrected chi connectivity index (χ1v) is 16.5. The molecule has 2 aliphatic heterocycles. The molecule has 0 N–H and O–H groups in total. The Balaban J connectivity index is 1.20. The fourth-order valence-electron chi connectivity index (χ4n) is 7.98. The van der Waals surface area contributed by atoms with E-state index >= 15 is 0 Å². The minimum atomic E-state index is 0.104. The van der Waals surface area contributed by atoms with Crippen LogP contribution in [0.2, 0.25) is 0 Å². The molecule has 5 heterocycles. The van der Waals surface area contributed by atoms with Gasteiger partial charge >= 0.3 is 0 Å². The van der Waals surface area contributed by atoms with E-state index in [1.165, 1.54) is 35.0 Å². The molecule has 2 aliphatic carbocycles. The fraction of sp³-hybridized carbons (Fsp3) is 0.545. The second-order valence-electron chi connectivity index (χ2n) is 13.1. The number of rotatable bonds is 6. The first-order valence-electron chi connectivity index (χ1n) is 15.6. The van der Waals surface area contributed by atoms with Gasteiger partial charge in [0, 0.05) is 51.8 Å². The quantitative estimate of drug-likeness (QED) is 0.277. The van der Waals surface area contributed by atoms with Crippen LogP contribution >= 0.6 is 11.3 Å². The number of aromatic nitrogens is 3. The van der Waals surface area contributed by atoms with Crippen molar-refractivity contribution in [3.8, 4) is 17.3 Å². The van der Waals surface area contributed by atoms with E-state index in [2.05, 4.69) is 32.5 Å². The highest BCUT2D eigenvalue weighted by molar-refractivity contribution is 7.17. The molecule has 0 spiro atoms. The second kappa shape index (κ2) is 9.86. The molecule has 1 aromatic carbocycles. The van der Waals surface area contributed by atoms with Crippen molar-refractivity contribution in [3.05, 3.63) is 34.7 Å². The highest BCUT2D eigenvalue weighted by Crippen LogP contribution is 2.44. The van der Waals surface area contributed by atoms with Gasteiger partial charge in [0.2, 0.25) is 5.91 Å². The van der Waals surface area contributed by atoms with Gasteiger partial charge in [-0.3, -0.25) is 9.59 Å². The van der Waals surface area contributed by atoms with E-state index in [1.54, 1.807) is 14.0 Å². The molecule has 8 rings (SSSR count). The van der Waals surface area contributed by atoms with Crippen molar-refractivity contribution in [2.45, 2.75) is 70.4 Å². The van der Waals surface area contributed by atoms with Crippen LogP contribution in [-0.2, 0) is 18.4 Å². The molecule has 0 radical (unpaired) electrons. The van der Waals surface area contributed by atoms with Gasteiger partial charge in [0.15, 0.2) is 5.82 Å². The van der Waals surface area contributed by atoms with Gasteiger partial charge in [-0.15, -0.1) is 11.3 Å². The van der Waals surface area contributed by atoms with Gasteiger partial charge < -0.3 is 23.7 Å². The number of ether oxygens (including phenoxy) is 1. The minimum Gasteiger partial charge on any atom is -0.494 e. The summed E-state index contributed by atoms with van der Waals surface area (Å²) in [5.74, 6) is 3.72. The Bertz CT molecular complexity index is 1720. The summed E-state index contributed by atoms with van der Waals surface area (Å²) in [4.78, 5) is 34.8. The van der Waals surface area contributed by atoms with Crippen molar-refractivity contribution in [2.24, 2.45) is 18.9 Å². The topological polar surface area (TPSA) is 72.6 Å². The van der Waals surface area contributed by atoms with Crippen LogP contribution in [0.5, 0.6) is 5.75 Å². The summed E-state index contributed by atoms with van der Waals surface area (Å²) < 4.78 is 11.9. The highest BCUT2D eigenvalue weighted by Gasteiger charge is 2.41. The molecule has 2 atom stereocenters. The third kappa shape index (κ3) is 4.18. The van der Waals surface area contributed by atoms with Crippen molar-refractivity contribution in [1.29, 1.82) is 0 Å². The maximum absolute atomic E-state index is 13.6. The van der Waals surface area contributed by atoms with E-state index < -0.39 is 0 Å². The third-order valence-electron chi connectivity index (χ3n) is 10.5. The zero-order valence-corrected chi connectivity index (χ0v) is 25.6. The molecule has 4 aromatic rings. The summed E-state index contributed by atoms with van der Waals surface area (Å²) in [7, 11) is 3.75. The lowest BCUT2D eigenvalue weighted by Crippen LogP contribution is -2.37. The van der Waals surface area contributed by atoms with Crippen molar-refractivity contribution in [3.63, 3.8) is 0 Å². The summed E-state index contributed by atoms with van der Waals surface area (Å²) in [6, 6.07) is 6.58. The number of likely N-dealkylation sites (tertiary alicyclic amines) is 2. The van der Waals surface area contributed by atoms with E-state index in [1.807, 2.05) is 28.4 Å². The molecule has 42 heavy (non-hydrogen) atoms. The lowest BCUT2D eigenvalue weighted by molar-refractivity contribution is -0.129. The van der Waals surface area contributed by atoms with Crippen LogP contribution in [0.4, 0.5) is 0 Å². The fourth-order valence-corrected chi connectivity index (χ4v) is 9.06. The number of benzene rings is 1. The largest absolute Gasteiger partial charge is 0.494 e. The Morgan fingerprint density at radius 2 is 1.86 bits per heavy atom. The number of fused-ring (bicyclic) bond motifs is 4. The Morgan fingerprint density at radius 1 is 1.05 bits per heavy atom. The average Bonchev–Trinajstić information content (AvgIpc) is 3.39. The number of amides is 2. The number of imidazole rings is 1. The summed E-state index contributed by atoms with van der Waals surface area (Å²) in [6.07, 6.45) is 8.08. The number of methoxy groups -OCH3 is 1. The molecule has 4 fully saturated rings. The Labute approximate surface area is 250 Å². The Morgan fingerprint density at radius 3 is 2.52 bits per heavy atom. The van der Waals surface area contributed by atoms with E-state index in [4.69, 9.17) is 9.72 Å². The molecule has 220 valence electrons. The smallest absolute Gasteiger partial charge is 0.254 e. The van der Waals surface area contributed by atoms with Crippen LogP contribution in [0.1, 0.15) is 73.7 Å². The molecule has 4 aliphatic rings. The monoisotopic (exact) mass is 585 g/mol. The maximum Gasteiger partial charge on any atom is 0.254 e. The third-order valence-corrected chi connectivity index (χ3v) is 11.4. The van der Waals surface area contributed by atoms with Crippen molar-refractivity contribution >= 4 is 44.4 Å². The van der Waals surface area contributed by atoms with Crippen LogP contribution in [-0.4, -0.2) is 68.5 Å². The van der Waals surface area contributed by atoms with Crippen molar-refractivity contribution in [1.82, 2.24) is 23.9 Å². The predicted octanol–water partition coefficient (Wildman–Crippen LogP) is 6.03. The highest BCUT2D eigenvalue weighted by atomic mass is 32.1. The lowest BCUT2D eigenvalue weighted by atomic mass is 9.90. The molecule has 2 amide bonds. The molecule has 2 saturated carbocycles. The second-order valence-corrected chi connectivity index (χ2v) is 14.0. The predicted molar refractivity (Wildman–Crippen MR) is 165 cm³/mol. The molecular formula is C33H39N5O3S. The number of hydrogen-bond acceptors (Lipinski definition) is 5. The number of hydrogen-bond donors (Lipinski definition) is 0. The molecule has 2 saturated heterocycles. The van der Waals surface area contributed by atoms with Crippen LogP contribution in [0, 0.1) is 11.8 Å². The van der Waals surface area contributed by atoms with Crippen molar-refractivity contribution < 1.29 is 14.3 Å². The SMILES string of the molecule is COc1cc(C(=O)N2C[C@H]3CC[C@@H]2C3)cc2nc(-c3cc4scc(C5CCN(C(C)=O)CC5)c4n3CC3CC3)n(C)c12. The van der Waals surface area contributed by atoms with Crippen LogP contribution < -0.4 is 4.74 Å². The molecule has 9 heteroatoms.